The number of hydrogen-bond acceptors (Lipinski definition) is 4. The molecule has 12 rings (SSSR count). The summed E-state index contributed by atoms with van der Waals surface area (Å²) in [6.45, 7) is 5.09. The van der Waals surface area contributed by atoms with E-state index in [0.29, 0.717) is 6.71 Å². The van der Waals surface area contributed by atoms with Crippen LogP contribution in [0.1, 0.15) is 59.1 Å². The molecule has 0 atom stereocenters. The highest BCUT2D eigenvalue weighted by molar-refractivity contribution is 7.32. The Morgan fingerprint density at radius 2 is 1.20 bits per heavy atom. The Morgan fingerprint density at radius 1 is 0.540 bits per heavy atom. The summed E-state index contributed by atoms with van der Waals surface area (Å²) in [4.78, 5) is 8.36. The Hall–Kier alpha value is -4.48. The predicted octanol–water partition coefficient (Wildman–Crippen LogP) is 8.17. The van der Waals surface area contributed by atoms with Crippen LogP contribution in [0.5, 0.6) is 0 Å². The van der Waals surface area contributed by atoms with Gasteiger partial charge in [-0.1, -0.05) is 66.7 Å². The number of rotatable bonds is 2. The lowest BCUT2D eigenvalue weighted by Gasteiger charge is -2.49. The van der Waals surface area contributed by atoms with E-state index in [1.165, 1.54) is 110 Å². The lowest BCUT2D eigenvalue weighted by molar-refractivity contribution is 0.631. The van der Waals surface area contributed by atoms with Gasteiger partial charge >= 0.3 is 0 Å². The fourth-order valence-corrected chi connectivity index (χ4v) is 12.4. The van der Waals surface area contributed by atoms with Crippen molar-refractivity contribution in [1.82, 2.24) is 0 Å². The van der Waals surface area contributed by atoms with Crippen LogP contribution in [0.15, 0.2) is 84.9 Å². The minimum atomic E-state index is 0.300. The fraction of sp³-hybridized carbons (Fsp3) is 0.289. The molecule has 0 spiro atoms. The summed E-state index contributed by atoms with van der Waals surface area (Å²) < 4.78 is 3.07. The Labute approximate surface area is 299 Å². The molecule has 0 aliphatic carbocycles. The van der Waals surface area contributed by atoms with E-state index in [1.807, 2.05) is 0 Å². The monoisotopic (exact) mass is 665 g/mol. The first-order chi connectivity index (χ1) is 24.8. The third kappa shape index (κ3) is 3.77. The van der Waals surface area contributed by atoms with Gasteiger partial charge in [0.15, 0.2) is 0 Å². The number of aryl methyl sites for hydroxylation is 1. The molecule has 3 nitrogen and oxygen atoms in total. The molecule has 7 heterocycles. The van der Waals surface area contributed by atoms with Crippen LogP contribution >= 0.6 is 11.3 Å². The maximum absolute atomic E-state index is 2.82. The third-order valence-electron chi connectivity index (χ3n) is 13.0. The maximum atomic E-state index is 2.82. The maximum Gasteiger partial charge on any atom is 0.259 e. The van der Waals surface area contributed by atoms with E-state index in [4.69, 9.17) is 0 Å². The van der Waals surface area contributed by atoms with E-state index in [2.05, 4.69) is 111 Å². The highest BCUT2D eigenvalue weighted by Gasteiger charge is 2.48. The molecule has 50 heavy (non-hydrogen) atoms. The SMILES string of the molecule is c1ccc(-c2ccc(N3c4c(cc5c6c4CCCN6CCC5)B4c5sc6ccccc6c5Cc5c6c7c(c3c54)CCCN7CCC6)cc2)cc1. The number of thiophene rings is 1. The van der Waals surface area contributed by atoms with Crippen molar-refractivity contribution in [2.75, 3.05) is 40.9 Å². The first-order valence-electron chi connectivity index (χ1n) is 19.2. The lowest BCUT2D eigenvalue weighted by atomic mass is 9.34. The molecule has 0 saturated carbocycles. The van der Waals surface area contributed by atoms with Crippen molar-refractivity contribution in [2.45, 2.75) is 57.8 Å². The molecule has 0 N–H and O–H groups in total. The van der Waals surface area contributed by atoms with Gasteiger partial charge in [0, 0.05) is 59.3 Å². The zero-order chi connectivity index (χ0) is 32.5. The third-order valence-corrected chi connectivity index (χ3v) is 14.3. The Morgan fingerprint density at radius 3 is 2.00 bits per heavy atom. The van der Waals surface area contributed by atoms with Crippen LogP contribution in [0.2, 0.25) is 0 Å². The summed E-state index contributed by atoms with van der Waals surface area (Å²) in [7, 11) is 0. The Kier molecular flexibility index (Phi) is 5.95. The van der Waals surface area contributed by atoms with Gasteiger partial charge in [0.05, 0.1) is 0 Å². The van der Waals surface area contributed by atoms with E-state index < -0.39 is 0 Å². The van der Waals surface area contributed by atoms with E-state index in [-0.39, 0.29) is 0 Å². The topological polar surface area (TPSA) is 9.72 Å². The van der Waals surface area contributed by atoms with Gasteiger partial charge in [-0.15, -0.1) is 11.3 Å². The molecule has 244 valence electrons. The van der Waals surface area contributed by atoms with Crippen molar-refractivity contribution >= 4 is 72.3 Å². The molecule has 0 saturated heterocycles. The highest BCUT2D eigenvalue weighted by Crippen LogP contribution is 2.52. The Balaban J connectivity index is 1.21. The molecular formula is C45H40BN3S. The van der Waals surface area contributed by atoms with Crippen molar-refractivity contribution in [3.63, 3.8) is 0 Å². The van der Waals surface area contributed by atoms with Gasteiger partial charge in [0.25, 0.3) is 6.71 Å². The second-order valence-corrected chi connectivity index (χ2v) is 16.6. The van der Waals surface area contributed by atoms with Crippen molar-refractivity contribution < 1.29 is 0 Å². The van der Waals surface area contributed by atoms with E-state index in [0.717, 1.165) is 6.42 Å². The molecule has 0 bridgehead atoms. The lowest BCUT2D eigenvalue weighted by Crippen LogP contribution is -2.62. The largest absolute Gasteiger partial charge is 0.371 e. The summed E-state index contributed by atoms with van der Waals surface area (Å²) in [5.74, 6) is 0. The smallest absolute Gasteiger partial charge is 0.259 e. The minimum absolute atomic E-state index is 0.300. The number of nitrogens with zero attached hydrogens (tertiary/aromatic N) is 3. The summed E-state index contributed by atoms with van der Waals surface area (Å²) >= 11 is 2.09. The standard InChI is InChI=1S/C45H40BN3S/c1-2-10-28(11-3-1)29-18-20-31(21-19-29)49-43-34-15-8-23-47-22-6-12-30(41(34)47)26-38(43)46-40-36(27-37-32-13-4-5-17-39(32)50-45(37)46)33-14-7-24-48-25-9-16-35(42(33)48)44(40)49/h1-5,10-11,13,17-21,26H,6-9,12,14-16,22-25,27H2. The molecule has 0 radical (unpaired) electrons. The predicted molar refractivity (Wildman–Crippen MR) is 214 cm³/mol. The van der Waals surface area contributed by atoms with E-state index in [1.54, 1.807) is 66.1 Å². The first kappa shape index (κ1) is 28.2. The second-order valence-electron chi connectivity index (χ2n) is 15.5. The van der Waals surface area contributed by atoms with Gasteiger partial charge in [-0.05, 0) is 142 Å². The van der Waals surface area contributed by atoms with Gasteiger partial charge in [-0.3, -0.25) is 0 Å². The fourth-order valence-electron chi connectivity index (χ4n) is 11.1. The number of benzene rings is 5. The zero-order valence-electron chi connectivity index (χ0n) is 28.6. The van der Waals surface area contributed by atoms with Gasteiger partial charge < -0.3 is 14.7 Å². The molecule has 0 amide bonds. The van der Waals surface area contributed by atoms with Crippen LogP contribution in [0, 0.1) is 0 Å². The summed E-state index contributed by atoms with van der Waals surface area (Å²) in [5, 5.41) is 1.49. The first-order valence-corrected chi connectivity index (χ1v) is 20.0. The van der Waals surface area contributed by atoms with Crippen molar-refractivity contribution in [1.29, 1.82) is 0 Å². The zero-order valence-corrected chi connectivity index (χ0v) is 29.4. The van der Waals surface area contributed by atoms with Crippen molar-refractivity contribution in [2.24, 2.45) is 0 Å². The van der Waals surface area contributed by atoms with Gasteiger partial charge in [0.2, 0.25) is 0 Å². The van der Waals surface area contributed by atoms with Crippen molar-refractivity contribution in [3.05, 3.63) is 118 Å². The number of fused-ring (bicyclic) bond motifs is 9. The Bertz CT molecular complexity index is 2390. The summed E-state index contributed by atoms with van der Waals surface area (Å²) in [6.07, 6.45) is 10.9. The number of hydrogen-bond donors (Lipinski definition) is 0. The molecular weight excluding hydrogens is 625 g/mol. The van der Waals surface area contributed by atoms with Crippen molar-refractivity contribution in [3.8, 4) is 11.1 Å². The van der Waals surface area contributed by atoms with Crippen LogP contribution in [-0.2, 0) is 32.1 Å². The molecule has 6 aliphatic heterocycles. The quantitative estimate of drug-likeness (QED) is 0.173. The van der Waals surface area contributed by atoms with Crippen LogP contribution in [0.3, 0.4) is 0 Å². The molecule has 5 aromatic carbocycles. The second kappa shape index (κ2) is 10.5. The minimum Gasteiger partial charge on any atom is -0.371 e. The van der Waals surface area contributed by atoms with Crippen LogP contribution in [-0.4, -0.2) is 32.9 Å². The van der Waals surface area contributed by atoms with Gasteiger partial charge in [0.1, 0.15) is 0 Å². The van der Waals surface area contributed by atoms with Gasteiger partial charge in [-0.2, -0.15) is 0 Å². The number of anilines is 5. The highest BCUT2D eigenvalue weighted by atomic mass is 32.1. The normalized spacial score (nSPS) is 18.0. The average molecular weight is 666 g/mol. The van der Waals surface area contributed by atoms with Crippen LogP contribution in [0.4, 0.5) is 28.4 Å². The molecule has 5 heteroatoms. The van der Waals surface area contributed by atoms with E-state index >= 15 is 0 Å². The molecule has 6 aliphatic rings. The van der Waals surface area contributed by atoms with Crippen LogP contribution in [0.25, 0.3) is 21.2 Å². The van der Waals surface area contributed by atoms with Gasteiger partial charge in [-0.25, -0.2) is 0 Å². The molecule has 0 fully saturated rings. The summed E-state index contributed by atoms with van der Waals surface area (Å²) in [6, 6.07) is 32.5. The molecule has 0 unspecified atom stereocenters. The molecule has 1 aromatic heterocycles. The molecule has 6 aromatic rings. The average Bonchev–Trinajstić information content (AvgIpc) is 3.55. The van der Waals surface area contributed by atoms with E-state index in [9.17, 15) is 0 Å². The summed E-state index contributed by atoms with van der Waals surface area (Å²) in [5.41, 5.74) is 23.2. The van der Waals surface area contributed by atoms with Crippen LogP contribution < -0.4 is 30.4 Å².